The van der Waals surface area contributed by atoms with E-state index in [4.69, 9.17) is 5.73 Å². The number of rotatable bonds is 2. The van der Waals surface area contributed by atoms with Gasteiger partial charge in [-0.05, 0) is 20.8 Å². The summed E-state index contributed by atoms with van der Waals surface area (Å²) in [6.07, 6.45) is 1.23. The van der Waals surface area contributed by atoms with Crippen molar-refractivity contribution in [3.05, 3.63) is 32.2 Å². The number of anilines is 1. The Balaban J connectivity index is 3.60. The molecule has 0 bridgehead atoms. The topological polar surface area (TPSA) is 91.2 Å². The zero-order chi connectivity index (χ0) is 11.7. The van der Waals surface area contributed by atoms with Gasteiger partial charge in [0.1, 0.15) is 5.69 Å². The summed E-state index contributed by atoms with van der Waals surface area (Å²) < 4.78 is 1.26. The molecule has 2 N–H and O–H groups in total. The molecule has 0 radical (unpaired) electrons. The second kappa shape index (κ2) is 3.72. The second-order valence-electron chi connectivity index (χ2n) is 3.62. The molecule has 0 atom stereocenters. The van der Waals surface area contributed by atoms with Crippen molar-refractivity contribution in [1.29, 1.82) is 0 Å². The molecule has 0 unspecified atom stereocenters. The summed E-state index contributed by atoms with van der Waals surface area (Å²) in [6.45, 7) is 5.00. The lowest BCUT2D eigenvalue weighted by Crippen LogP contribution is -2.25. The van der Waals surface area contributed by atoms with Crippen LogP contribution in [0.3, 0.4) is 0 Å². The number of pyridine rings is 1. The van der Waals surface area contributed by atoms with Crippen molar-refractivity contribution in [2.75, 3.05) is 5.73 Å². The Labute approximate surface area is 86.5 Å². The van der Waals surface area contributed by atoms with Gasteiger partial charge in [-0.1, -0.05) is 0 Å². The summed E-state index contributed by atoms with van der Waals surface area (Å²) in [5.74, 6) is 0. The molecule has 0 fully saturated rings. The molecule has 1 heterocycles. The summed E-state index contributed by atoms with van der Waals surface area (Å²) in [7, 11) is 0. The number of nitrogen functional groups attached to an aromatic ring is 1. The molecule has 0 aliphatic carbocycles. The van der Waals surface area contributed by atoms with Gasteiger partial charge in [-0.25, -0.2) is 0 Å². The molecule has 0 aliphatic rings. The van der Waals surface area contributed by atoms with E-state index >= 15 is 0 Å². The highest BCUT2D eigenvalue weighted by molar-refractivity contribution is 5.54. The van der Waals surface area contributed by atoms with Crippen LogP contribution in [0.1, 0.15) is 25.5 Å². The highest BCUT2D eigenvalue weighted by Gasteiger charge is 2.18. The normalized spacial score (nSPS) is 10.7. The van der Waals surface area contributed by atoms with Gasteiger partial charge in [-0.2, -0.15) is 0 Å². The predicted octanol–water partition coefficient (Wildman–Crippen LogP) is 1.23. The zero-order valence-corrected chi connectivity index (χ0v) is 8.85. The molecule has 0 saturated carbocycles. The molecule has 0 saturated heterocycles. The Morgan fingerprint density at radius 2 is 2.07 bits per heavy atom. The van der Waals surface area contributed by atoms with Crippen LogP contribution in [0.4, 0.5) is 11.4 Å². The maximum Gasteiger partial charge on any atom is 0.290 e. The maximum absolute atomic E-state index is 11.6. The van der Waals surface area contributed by atoms with E-state index in [2.05, 4.69) is 0 Å². The second-order valence-corrected chi connectivity index (χ2v) is 3.62. The zero-order valence-electron chi connectivity index (χ0n) is 8.85. The van der Waals surface area contributed by atoms with Gasteiger partial charge in [-0.15, -0.1) is 0 Å². The molecule has 0 amide bonds. The van der Waals surface area contributed by atoms with Crippen molar-refractivity contribution < 1.29 is 4.92 Å². The average Bonchev–Trinajstić information content (AvgIpc) is 2.13. The van der Waals surface area contributed by atoms with Crippen LogP contribution < -0.4 is 11.3 Å². The molecule has 1 aromatic heterocycles. The summed E-state index contributed by atoms with van der Waals surface area (Å²) in [5, 5.41) is 10.7. The first kappa shape index (κ1) is 11.2. The Morgan fingerprint density at radius 3 is 2.47 bits per heavy atom. The first-order chi connectivity index (χ1) is 6.86. The SMILES string of the molecule is Cc1c([N+](=O)[O-])cn(C(C)C)c(=O)c1N. The molecule has 1 rings (SSSR count). The number of aromatic nitrogens is 1. The van der Waals surface area contributed by atoms with Crippen molar-refractivity contribution >= 4 is 11.4 Å². The van der Waals surface area contributed by atoms with Crippen LogP contribution in [0.5, 0.6) is 0 Å². The molecule has 0 spiro atoms. The van der Waals surface area contributed by atoms with Crippen LogP contribution in [-0.4, -0.2) is 9.49 Å². The third kappa shape index (κ3) is 1.83. The van der Waals surface area contributed by atoms with Gasteiger partial charge in [0.25, 0.3) is 11.2 Å². The molecule has 82 valence electrons. The Morgan fingerprint density at radius 1 is 1.53 bits per heavy atom. The lowest BCUT2D eigenvalue weighted by atomic mass is 10.2. The minimum Gasteiger partial charge on any atom is -0.394 e. The van der Waals surface area contributed by atoms with E-state index in [0.717, 1.165) is 0 Å². The molecule has 1 aromatic rings. The maximum atomic E-state index is 11.6. The standard InChI is InChI=1S/C9H13N3O3/c1-5(2)11-4-7(12(14)15)6(3)8(10)9(11)13/h4-5H,10H2,1-3H3. The quantitative estimate of drug-likeness (QED) is 0.588. The van der Waals surface area contributed by atoms with Gasteiger partial charge in [0, 0.05) is 6.04 Å². The minimum atomic E-state index is -0.538. The van der Waals surface area contributed by atoms with Crippen LogP contribution in [-0.2, 0) is 0 Å². The average molecular weight is 211 g/mol. The van der Waals surface area contributed by atoms with Crippen LogP contribution in [0.2, 0.25) is 0 Å². The van der Waals surface area contributed by atoms with Crippen LogP contribution >= 0.6 is 0 Å². The van der Waals surface area contributed by atoms with Crippen molar-refractivity contribution in [2.45, 2.75) is 26.8 Å². The predicted molar refractivity (Wildman–Crippen MR) is 56.9 cm³/mol. The molecular formula is C9H13N3O3. The van der Waals surface area contributed by atoms with Gasteiger partial charge in [0.2, 0.25) is 0 Å². The van der Waals surface area contributed by atoms with Crippen LogP contribution in [0.25, 0.3) is 0 Å². The molecule has 15 heavy (non-hydrogen) atoms. The highest BCUT2D eigenvalue weighted by Crippen LogP contribution is 2.21. The number of nitro groups is 1. The summed E-state index contributed by atoms with van der Waals surface area (Å²) in [6, 6.07) is -0.154. The van der Waals surface area contributed by atoms with Crippen molar-refractivity contribution in [3.8, 4) is 0 Å². The van der Waals surface area contributed by atoms with E-state index < -0.39 is 4.92 Å². The fourth-order valence-corrected chi connectivity index (χ4v) is 1.29. The van der Waals surface area contributed by atoms with Gasteiger partial charge in [0.15, 0.2) is 0 Å². The van der Waals surface area contributed by atoms with Crippen LogP contribution in [0, 0.1) is 17.0 Å². The molecular weight excluding hydrogens is 198 g/mol. The molecule has 6 nitrogen and oxygen atoms in total. The minimum absolute atomic E-state index is 0.0575. The lowest BCUT2D eigenvalue weighted by Gasteiger charge is -2.11. The van der Waals surface area contributed by atoms with Gasteiger partial charge in [-0.3, -0.25) is 14.9 Å². The Hall–Kier alpha value is -1.85. The molecule has 0 aromatic carbocycles. The first-order valence-electron chi connectivity index (χ1n) is 4.51. The first-order valence-corrected chi connectivity index (χ1v) is 4.51. The largest absolute Gasteiger partial charge is 0.394 e. The van der Waals surface area contributed by atoms with E-state index in [9.17, 15) is 14.9 Å². The van der Waals surface area contributed by atoms with E-state index in [-0.39, 0.29) is 28.5 Å². The third-order valence-electron chi connectivity index (χ3n) is 2.27. The lowest BCUT2D eigenvalue weighted by molar-refractivity contribution is -0.385. The van der Waals surface area contributed by atoms with E-state index in [0.29, 0.717) is 0 Å². The van der Waals surface area contributed by atoms with Gasteiger partial charge < -0.3 is 10.3 Å². The van der Waals surface area contributed by atoms with Gasteiger partial charge >= 0.3 is 0 Å². The number of hydrogen-bond donors (Lipinski definition) is 1. The highest BCUT2D eigenvalue weighted by atomic mass is 16.6. The van der Waals surface area contributed by atoms with Crippen molar-refractivity contribution in [3.63, 3.8) is 0 Å². The monoisotopic (exact) mass is 211 g/mol. The summed E-state index contributed by atoms with van der Waals surface area (Å²) in [5.41, 5.74) is 5.18. The fourth-order valence-electron chi connectivity index (χ4n) is 1.29. The third-order valence-corrected chi connectivity index (χ3v) is 2.27. The van der Waals surface area contributed by atoms with E-state index in [1.54, 1.807) is 13.8 Å². The number of nitrogens with zero attached hydrogens (tertiary/aromatic N) is 2. The fraction of sp³-hybridized carbons (Fsp3) is 0.444. The van der Waals surface area contributed by atoms with Crippen molar-refractivity contribution in [1.82, 2.24) is 4.57 Å². The number of hydrogen-bond acceptors (Lipinski definition) is 4. The van der Waals surface area contributed by atoms with Crippen LogP contribution in [0.15, 0.2) is 11.0 Å². The number of nitrogens with two attached hydrogens (primary N) is 1. The van der Waals surface area contributed by atoms with E-state index in [1.807, 2.05) is 0 Å². The van der Waals surface area contributed by atoms with E-state index in [1.165, 1.54) is 17.7 Å². The summed E-state index contributed by atoms with van der Waals surface area (Å²) >= 11 is 0. The Bertz CT molecular complexity index is 462. The van der Waals surface area contributed by atoms with Crippen molar-refractivity contribution in [2.24, 2.45) is 0 Å². The van der Waals surface area contributed by atoms with Gasteiger partial charge in [0.05, 0.1) is 16.7 Å². The molecule has 6 heteroatoms. The molecule has 0 aliphatic heterocycles. The summed E-state index contributed by atoms with van der Waals surface area (Å²) in [4.78, 5) is 21.8. The smallest absolute Gasteiger partial charge is 0.290 e. The Kier molecular flexibility index (Phi) is 2.78.